The van der Waals surface area contributed by atoms with Gasteiger partial charge in [0.15, 0.2) is 0 Å². The standard InChI is InChI=1S/C20H16ClN3OS/c21-15-6-7-17-16(10-15)14(11-23-17)8-9-22-19(25)18-12-26-20(24-18)13-4-2-1-3-5-13/h1-7,10-12,23H,8-9H2,(H,22,25). The van der Waals surface area contributed by atoms with Crippen LogP contribution in [0, 0.1) is 0 Å². The fourth-order valence-electron chi connectivity index (χ4n) is 2.85. The summed E-state index contributed by atoms with van der Waals surface area (Å²) in [5.41, 5.74) is 3.65. The van der Waals surface area contributed by atoms with Crippen molar-refractivity contribution < 1.29 is 4.79 Å². The number of H-pyrrole nitrogens is 1. The number of amides is 1. The van der Waals surface area contributed by atoms with Gasteiger partial charge in [-0.25, -0.2) is 4.98 Å². The van der Waals surface area contributed by atoms with Crippen LogP contribution in [0.1, 0.15) is 16.1 Å². The smallest absolute Gasteiger partial charge is 0.270 e. The van der Waals surface area contributed by atoms with Crippen LogP contribution in [0.25, 0.3) is 21.5 Å². The SMILES string of the molecule is O=C(NCCc1c[nH]c2ccc(Cl)cc12)c1csc(-c2ccccc2)n1. The van der Waals surface area contributed by atoms with E-state index < -0.39 is 0 Å². The van der Waals surface area contributed by atoms with Crippen molar-refractivity contribution in [1.82, 2.24) is 15.3 Å². The minimum atomic E-state index is -0.152. The number of hydrogen-bond acceptors (Lipinski definition) is 3. The van der Waals surface area contributed by atoms with E-state index in [0.29, 0.717) is 17.3 Å². The summed E-state index contributed by atoms with van der Waals surface area (Å²) in [7, 11) is 0. The van der Waals surface area contributed by atoms with Gasteiger partial charge in [0.2, 0.25) is 0 Å². The first kappa shape index (κ1) is 16.8. The second-order valence-corrected chi connectivity index (χ2v) is 7.21. The molecule has 4 aromatic rings. The number of thiazole rings is 1. The van der Waals surface area contributed by atoms with Crippen molar-refractivity contribution in [3.05, 3.63) is 76.4 Å². The third-order valence-corrected chi connectivity index (χ3v) is 5.29. The van der Waals surface area contributed by atoms with E-state index in [-0.39, 0.29) is 5.91 Å². The van der Waals surface area contributed by atoms with Crippen molar-refractivity contribution in [2.75, 3.05) is 6.54 Å². The van der Waals surface area contributed by atoms with Crippen LogP contribution in [0.3, 0.4) is 0 Å². The number of fused-ring (bicyclic) bond motifs is 1. The second-order valence-electron chi connectivity index (χ2n) is 5.91. The molecule has 0 aliphatic heterocycles. The predicted octanol–water partition coefficient (Wildman–Crippen LogP) is 4.92. The summed E-state index contributed by atoms with van der Waals surface area (Å²) in [4.78, 5) is 20.0. The van der Waals surface area contributed by atoms with Crippen LogP contribution in [0.4, 0.5) is 0 Å². The van der Waals surface area contributed by atoms with Gasteiger partial charge in [0.25, 0.3) is 5.91 Å². The third kappa shape index (κ3) is 3.49. The Hall–Kier alpha value is -2.63. The van der Waals surface area contributed by atoms with Crippen LogP contribution in [-0.2, 0) is 6.42 Å². The molecule has 0 fully saturated rings. The third-order valence-electron chi connectivity index (χ3n) is 4.17. The molecule has 1 amide bonds. The van der Waals surface area contributed by atoms with Gasteiger partial charge in [-0.3, -0.25) is 4.79 Å². The maximum atomic E-state index is 12.3. The van der Waals surface area contributed by atoms with Gasteiger partial charge >= 0.3 is 0 Å². The zero-order chi connectivity index (χ0) is 17.9. The van der Waals surface area contributed by atoms with Crippen LogP contribution in [0.5, 0.6) is 0 Å². The summed E-state index contributed by atoms with van der Waals surface area (Å²) in [6.45, 7) is 0.538. The average Bonchev–Trinajstić information content (AvgIpc) is 3.30. The fourth-order valence-corrected chi connectivity index (χ4v) is 3.83. The largest absolute Gasteiger partial charge is 0.361 e. The van der Waals surface area contributed by atoms with Gasteiger partial charge in [0.05, 0.1) is 0 Å². The molecule has 2 aromatic heterocycles. The van der Waals surface area contributed by atoms with Gasteiger partial charge in [-0.2, -0.15) is 0 Å². The molecule has 0 spiro atoms. The number of rotatable bonds is 5. The van der Waals surface area contributed by atoms with Crippen LogP contribution >= 0.6 is 22.9 Å². The van der Waals surface area contributed by atoms with Crippen molar-refractivity contribution in [3.63, 3.8) is 0 Å². The highest BCUT2D eigenvalue weighted by Crippen LogP contribution is 2.24. The Labute approximate surface area is 159 Å². The van der Waals surface area contributed by atoms with Gasteiger partial charge in [0, 0.05) is 39.6 Å². The normalized spacial score (nSPS) is 11.0. The van der Waals surface area contributed by atoms with E-state index in [1.54, 1.807) is 5.38 Å². The van der Waals surface area contributed by atoms with Gasteiger partial charge < -0.3 is 10.3 Å². The van der Waals surface area contributed by atoms with Crippen LogP contribution in [0.15, 0.2) is 60.1 Å². The quantitative estimate of drug-likeness (QED) is 0.515. The Kier molecular flexibility index (Phi) is 4.73. The van der Waals surface area contributed by atoms with Crippen molar-refractivity contribution in [2.24, 2.45) is 0 Å². The molecule has 0 unspecified atom stereocenters. The monoisotopic (exact) mass is 381 g/mol. The minimum absolute atomic E-state index is 0.152. The molecular formula is C20H16ClN3OS. The lowest BCUT2D eigenvalue weighted by Crippen LogP contribution is -2.25. The summed E-state index contributed by atoms with van der Waals surface area (Å²) >= 11 is 7.55. The second kappa shape index (κ2) is 7.32. The van der Waals surface area contributed by atoms with E-state index in [9.17, 15) is 4.79 Å². The number of halogens is 1. The molecule has 26 heavy (non-hydrogen) atoms. The van der Waals surface area contributed by atoms with Gasteiger partial charge in [-0.05, 0) is 30.2 Å². The summed E-state index contributed by atoms with van der Waals surface area (Å²) in [5.74, 6) is -0.152. The number of carbonyl (C=O) groups is 1. The molecular weight excluding hydrogens is 366 g/mol. The number of nitrogens with zero attached hydrogens (tertiary/aromatic N) is 1. The zero-order valence-electron chi connectivity index (χ0n) is 13.8. The summed E-state index contributed by atoms with van der Waals surface area (Å²) < 4.78 is 0. The minimum Gasteiger partial charge on any atom is -0.361 e. The van der Waals surface area contributed by atoms with Gasteiger partial charge in [0.1, 0.15) is 10.7 Å². The maximum Gasteiger partial charge on any atom is 0.270 e. The molecule has 2 heterocycles. The number of carbonyl (C=O) groups excluding carboxylic acids is 1. The first-order chi connectivity index (χ1) is 12.7. The lowest BCUT2D eigenvalue weighted by atomic mass is 10.1. The number of aromatic amines is 1. The molecule has 4 rings (SSSR count). The fraction of sp³-hybridized carbons (Fsp3) is 0.100. The highest BCUT2D eigenvalue weighted by molar-refractivity contribution is 7.13. The van der Waals surface area contributed by atoms with Crippen LogP contribution in [0.2, 0.25) is 5.02 Å². The molecule has 0 bridgehead atoms. The maximum absolute atomic E-state index is 12.3. The van der Waals surface area contributed by atoms with Crippen molar-refractivity contribution in [3.8, 4) is 10.6 Å². The molecule has 130 valence electrons. The first-order valence-corrected chi connectivity index (χ1v) is 9.51. The average molecular weight is 382 g/mol. The van der Waals surface area contributed by atoms with E-state index in [0.717, 1.165) is 33.5 Å². The molecule has 2 N–H and O–H groups in total. The number of aromatic nitrogens is 2. The van der Waals surface area contributed by atoms with Gasteiger partial charge in [-0.15, -0.1) is 11.3 Å². The Morgan fingerprint density at radius 2 is 2.04 bits per heavy atom. The number of nitrogens with one attached hydrogen (secondary N) is 2. The molecule has 0 aliphatic carbocycles. The molecule has 2 aromatic carbocycles. The van der Waals surface area contributed by atoms with Crippen LogP contribution < -0.4 is 5.32 Å². The van der Waals surface area contributed by atoms with Crippen LogP contribution in [-0.4, -0.2) is 22.4 Å². The van der Waals surface area contributed by atoms with E-state index >= 15 is 0 Å². The highest BCUT2D eigenvalue weighted by atomic mass is 35.5. The van der Waals surface area contributed by atoms with Crippen molar-refractivity contribution >= 4 is 39.7 Å². The van der Waals surface area contributed by atoms with Crippen molar-refractivity contribution in [2.45, 2.75) is 6.42 Å². The molecule has 6 heteroatoms. The van der Waals surface area contributed by atoms with Crippen molar-refractivity contribution in [1.29, 1.82) is 0 Å². The molecule has 0 saturated carbocycles. The first-order valence-electron chi connectivity index (χ1n) is 8.25. The molecule has 0 saturated heterocycles. The Morgan fingerprint density at radius 1 is 1.19 bits per heavy atom. The number of benzene rings is 2. The van der Waals surface area contributed by atoms with E-state index in [1.807, 2.05) is 54.7 Å². The predicted molar refractivity (Wildman–Crippen MR) is 107 cm³/mol. The number of hydrogen-bond donors (Lipinski definition) is 2. The van der Waals surface area contributed by atoms with E-state index in [2.05, 4.69) is 15.3 Å². The van der Waals surface area contributed by atoms with E-state index in [1.165, 1.54) is 11.3 Å². The molecule has 0 radical (unpaired) electrons. The lowest BCUT2D eigenvalue weighted by Gasteiger charge is -2.03. The highest BCUT2D eigenvalue weighted by Gasteiger charge is 2.12. The summed E-state index contributed by atoms with van der Waals surface area (Å²) in [6, 6.07) is 15.6. The van der Waals surface area contributed by atoms with E-state index in [4.69, 9.17) is 11.6 Å². The lowest BCUT2D eigenvalue weighted by molar-refractivity contribution is 0.0950. The summed E-state index contributed by atoms with van der Waals surface area (Å²) in [6.07, 6.45) is 2.69. The van der Waals surface area contributed by atoms with Gasteiger partial charge in [-0.1, -0.05) is 41.9 Å². The topological polar surface area (TPSA) is 57.8 Å². The molecule has 0 atom stereocenters. The Bertz CT molecular complexity index is 1060. The molecule has 4 nitrogen and oxygen atoms in total. The Balaban J connectivity index is 1.40. The summed E-state index contributed by atoms with van der Waals surface area (Å²) in [5, 5.41) is 7.38. The molecule has 0 aliphatic rings. The Morgan fingerprint density at radius 3 is 2.88 bits per heavy atom. The zero-order valence-corrected chi connectivity index (χ0v) is 15.4.